The Morgan fingerprint density at radius 1 is 1.28 bits per heavy atom. The third-order valence-corrected chi connectivity index (χ3v) is 4.99. The third-order valence-electron chi connectivity index (χ3n) is 3.87. The molecule has 1 aliphatic rings. The van der Waals surface area contributed by atoms with E-state index in [1.165, 1.54) is 32.1 Å². The molecule has 1 saturated carbocycles. The molecule has 1 aromatic rings. The van der Waals surface area contributed by atoms with E-state index >= 15 is 0 Å². The van der Waals surface area contributed by atoms with Crippen molar-refractivity contribution in [3.8, 4) is 0 Å². The first kappa shape index (κ1) is 14.5. The number of nitrogens with zero attached hydrogens (tertiary/aromatic N) is 1. The van der Waals surface area contributed by atoms with Crippen LogP contribution >= 0.6 is 31.9 Å². The predicted molar refractivity (Wildman–Crippen MR) is 82.5 cm³/mol. The lowest BCUT2D eigenvalue weighted by molar-refractivity contribution is 0.284. The van der Waals surface area contributed by atoms with E-state index in [4.69, 9.17) is 0 Å². The highest BCUT2D eigenvalue weighted by molar-refractivity contribution is 9.11. The fourth-order valence-electron chi connectivity index (χ4n) is 2.59. The Balaban J connectivity index is 1.81. The highest BCUT2D eigenvalue weighted by atomic mass is 79.9. The van der Waals surface area contributed by atoms with Crippen molar-refractivity contribution in [2.24, 2.45) is 5.92 Å². The van der Waals surface area contributed by atoms with Crippen molar-refractivity contribution in [3.63, 3.8) is 0 Å². The number of halogens is 2. The van der Waals surface area contributed by atoms with Gasteiger partial charge in [0, 0.05) is 27.7 Å². The molecule has 1 fully saturated rings. The Bertz CT molecular complexity index is 387. The topological polar surface area (TPSA) is 24.9 Å². The summed E-state index contributed by atoms with van der Waals surface area (Å²) in [6.45, 7) is 3.16. The molecule has 0 radical (unpaired) electrons. The minimum absolute atomic E-state index is 0.671. The maximum atomic E-state index is 4.44. The molecule has 1 aliphatic carbocycles. The molecule has 0 aromatic carbocycles. The molecule has 100 valence electrons. The molecule has 0 atom stereocenters. The molecule has 0 unspecified atom stereocenters. The van der Waals surface area contributed by atoms with Gasteiger partial charge in [0.1, 0.15) is 0 Å². The second-order valence-electron chi connectivity index (χ2n) is 5.09. The van der Waals surface area contributed by atoms with E-state index in [9.17, 15) is 0 Å². The number of pyridine rings is 1. The summed E-state index contributed by atoms with van der Waals surface area (Å²) >= 11 is 6.99. The van der Waals surface area contributed by atoms with Crippen molar-refractivity contribution in [1.29, 1.82) is 0 Å². The van der Waals surface area contributed by atoms with Crippen LogP contribution < -0.4 is 5.32 Å². The van der Waals surface area contributed by atoms with Crippen LogP contribution in [0.15, 0.2) is 21.2 Å². The van der Waals surface area contributed by atoms with Gasteiger partial charge in [-0.2, -0.15) is 0 Å². The van der Waals surface area contributed by atoms with Crippen molar-refractivity contribution >= 4 is 31.9 Å². The zero-order valence-electron chi connectivity index (χ0n) is 10.8. The van der Waals surface area contributed by atoms with Gasteiger partial charge >= 0.3 is 0 Å². The van der Waals surface area contributed by atoms with Gasteiger partial charge in [-0.1, -0.05) is 13.3 Å². The monoisotopic (exact) mass is 374 g/mol. The van der Waals surface area contributed by atoms with Gasteiger partial charge in [0.15, 0.2) is 0 Å². The van der Waals surface area contributed by atoms with Crippen LogP contribution in [0.5, 0.6) is 0 Å². The van der Waals surface area contributed by atoms with E-state index in [2.05, 4.69) is 55.2 Å². The SMILES string of the molecule is CCC1CCC(NCc2ncc(Br)cc2Br)CC1. The largest absolute Gasteiger partial charge is 0.308 e. The van der Waals surface area contributed by atoms with Crippen molar-refractivity contribution < 1.29 is 0 Å². The van der Waals surface area contributed by atoms with E-state index in [1.54, 1.807) is 0 Å². The summed E-state index contributed by atoms with van der Waals surface area (Å²) in [4.78, 5) is 4.44. The van der Waals surface area contributed by atoms with Crippen molar-refractivity contribution in [1.82, 2.24) is 10.3 Å². The zero-order valence-corrected chi connectivity index (χ0v) is 13.9. The first-order valence-corrected chi connectivity index (χ1v) is 8.31. The minimum Gasteiger partial charge on any atom is -0.308 e. The first-order valence-electron chi connectivity index (χ1n) is 6.72. The summed E-state index contributed by atoms with van der Waals surface area (Å²) in [5.74, 6) is 0.959. The van der Waals surface area contributed by atoms with Crippen molar-refractivity contribution in [2.45, 2.75) is 51.6 Å². The molecule has 2 nitrogen and oxygen atoms in total. The van der Waals surface area contributed by atoms with E-state index in [-0.39, 0.29) is 0 Å². The summed E-state index contributed by atoms with van der Waals surface area (Å²) in [6.07, 6.45) is 8.58. The Hall–Kier alpha value is 0.0700. The summed E-state index contributed by atoms with van der Waals surface area (Å²) in [6, 6.07) is 2.73. The maximum absolute atomic E-state index is 4.44. The van der Waals surface area contributed by atoms with Gasteiger partial charge in [0.2, 0.25) is 0 Å². The van der Waals surface area contributed by atoms with Crippen LogP contribution in [0.2, 0.25) is 0 Å². The number of rotatable bonds is 4. The van der Waals surface area contributed by atoms with Gasteiger partial charge in [0.05, 0.1) is 5.69 Å². The number of aromatic nitrogens is 1. The standard InChI is InChI=1S/C14H20Br2N2/c1-2-10-3-5-12(6-4-10)17-9-14-13(16)7-11(15)8-18-14/h7-8,10,12,17H,2-6,9H2,1H3. The molecule has 1 aromatic heterocycles. The maximum Gasteiger partial charge on any atom is 0.0684 e. The lowest BCUT2D eigenvalue weighted by atomic mass is 9.84. The zero-order chi connectivity index (χ0) is 13.0. The highest BCUT2D eigenvalue weighted by Crippen LogP contribution is 2.27. The molecular formula is C14H20Br2N2. The molecule has 0 saturated heterocycles. The van der Waals surface area contributed by atoms with Crippen LogP contribution in [-0.4, -0.2) is 11.0 Å². The van der Waals surface area contributed by atoms with Crippen LogP contribution in [0, 0.1) is 5.92 Å². The molecule has 0 spiro atoms. The Labute approximate surface area is 126 Å². The smallest absolute Gasteiger partial charge is 0.0684 e. The molecular weight excluding hydrogens is 356 g/mol. The predicted octanol–water partition coefficient (Wildman–Crippen LogP) is 4.67. The summed E-state index contributed by atoms with van der Waals surface area (Å²) < 4.78 is 2.09. The van der Waals surface area contributed by atoms with Crippen LogP contribution in [0.3, 0.4) is 0 Å². The minimum atomic E-state index is 0.671. The summed E-state index contributed by atoms with van der Waals surface area (Å²) in [7, 11) is 0. The third kappa shape index (κ3) is 4.04. The summed E-state index contributed by atoms with van der Waals surface area (Å²) in [5.41, 5.74) is 1.09. The quantitative estimate of drug-likeness (QED) is 0.827. The van der Waals surface area contributed by atoms with E-state index in [0.717, 1.165) is 27.1 Å². The van der Waals surface area contributed by atoms with Gasteiger partial charge in [-0.3, -0.25) is 4.98 Å². The van der Waals surface area contributed by atoms with Crippen LogP contribution in [0.4, 0.5) is 0 Å². The second-order valence-corrected chi connectivity index (χ2v) is 6.86. The lowest BCUT2D eigenvalue weighted by Crippen LogP contribution is -2.33. The molecule has 0 amide bonds. The van der Waals surface area contributed by atoms with Gasteiger partial charge in [-0.25, -0.2) is 0 Å². The fourth-order valence-corrected chi connectivity index (χ4v) is 3.72. The average Bonchev–Trinajstić information content (AvgIpc) is 2.38. The number of hydrogen-bond donors (Lipinski definition) is 1. The molecule has 0 bridgehead atoms. The molecule has 4 heteroatoms. The first-order chi connectivity index (χ1) is 8.69. The number of nitrogens with one attached hydrogen (secondary N) is 1. The highest BCUT2D eigenvalue weighted by Gasteiger charge is 2.19. The van der Waals surface area contributed by atoms with Crippen LogP contribution in [-0.2, 0) is 6.54 Å². The molecule has 1 heterocycles. The summed E-state index contributed by atoms with van der Waals surface area (Å²) in [5, 5.41) is 3.64. The second kappa shape index (κ2) is 7.01. The lowest BCUT2D eigenvalue weighted by Gasteiger charge is -2.28. The molecule has 2 rings (SSSR count). The molecule has 1 N–H and O–H groups in total. The van der Waals surface area contributed by atoms with Gasteiger partial charge in [-0.05, 0) is 69.5 Å². The van der Waals surface area contributed by atoms with Crippen molar-refractivity contribution in [3.05, 3.63) is 26.9 Å². The molecule has 0 aliphatic heterocycles. The van der Waals surface area contributed by atoms with Gasteiger partial charge < -0.3 is 5.32 Å². The normalized spacial score (nSPS) is 24.2. The van der Waals surface area contributed by atoms with E-state index in [0.29, 0.717) is 6.04 Å². The fraction of sp³-hybridized carbons (Fsp3) is 0.643. The number of hydrogen-bond acceptors (Lipinski definition) is 2. The average molecular weight is 376 g/mol. The van der Waals surface area contributed by atoms with Gasteiger partial charge in [0.25, 0.3) is 0 Å². The van der Waals surface area contributed by atoms with E-state index < -0.39 is 0 Å². The van der Waals surface area contributed by atoms with E-state index in [1.807, 2.05) is 6.20 Å². The Morgan fingerprint density at radius 2 is 2.00 bits per heavy atom. The Morgan fingerprint density at radius 3 is 2.61 bits per heavy atom. The van der Waals surface area contributed by atoms with Crippen LogP contribution in [0.25, 0.3) is 0 Å². The molecule has 18 heavy (non-hydrogen) atoms. The van der Waals surface area contributed by atoms with Gasteiger partial charge in [-0.15, -0.1) is 0 Å². The van der Waals surface area contributed by atoms with Crippen molar-refractivity contribution in [2.75, 3.05) is 0 Å². The van der Waals surface area contributed by atoms with Crippen LogP contribution in [0.1, 0.15) is 44.7 Å². The Kier molecular flexibility index (Phi) is 5.64.